The van der Waals surface area contributed by atoms with Crippen LogP contribution in [0.5, 0.6) is 0 Å². The first-order valence-corrected chi connectivity index (χ1v) is 7.81. The summed E-state index contributed by atoms with van der Waals surface area (Å²) in [5, 5.41) is 2.19. The molecule has 0 spiro atoms. The van der Waals surface area contributed by atoms with E-state index in [1.807, 2.05) is 30.3 Å². The Hall–Kier alpha value is -2.02. The molecule has 1 aromatic carbocycles. The third-order valence-electron chi connectivity index (χ3n) is 2.93. The van der Waals surface area contributed by atoms with Gasteiger partial charge in [-0.1, -0.05) is 65.1 Å². The van der Waals surface area contributed by atoms with Crippen LogP contribution in [0.2, 0.25) is 15.2 Å². The average Bonchev–Trinajstić information content (AvgIpc) is 2.60. The van der Waals surface area contributed by atoms with Crippen LogP contribution in [-0.2, 0) is 16.1 Å². The number of amides is 1. The number of nitrogens with one attached hydrogen (secondary N) is 1. The molecule has 0 radical (unpaired) electrons. The molecule has 1 amide bonds. The Morgan fingerprint density at radius 1 is 1.12 bits per heavy atom. The van der Waals surface area contributed by atoms with Crippen molar-refractivity contribution in [2.45, 2.75) is 6.54 Å². The molecule has 0 bridgehead atoms. The fourth-order valence-corrected chi connectivity index (χ4v) is 2.30. The number of carbonyl (C=O) groups excluding carboxylic acids is 2. The van der Waals surface area contributed by atoms with E-state index in [0.29, 0.717) is 6.54 Å². The Kier molecular flexibility index (Phi) is 6.25. The van der Waals surface area contributed by atoms with Crippen LogP contribution in [0.4, 0.5) is 5.69 Å². The summed E-state index contributed by atoms with van der Waals surface area (Å²) in [6.45, 7) is -0.181. The van der Waals surface area contributed by atoms with Gasteiger partial charge < -0.3 is 15.8 Å². The lowest BCUT2D eigenvalue weighted by atomic mass is 10.2. The van der Waals surface area contributed by atoms with E-state index in [0.717, 1.165) is 5.56 Å². The summed E-state index contributed by atoms with van der Waals surface area (Å²) in [6, 6.07) is 9.28. The van der Waals surface area contributed by atoms with Gasteiger partial charge in [0.1, 0.15) is 5.02 Å². The Labute approximate surface area is 152 Å². The van der Waals surface area contributed by atoms with E-state index < -0.39 is 18.5 Å². The number of ether oxygens (including phenoxy) is 1. The number of hydrogen-bond donors (Lipinski definition) is 2. The second kappa shape index (κ2) is 8.19. The number of halogens is 3. The maximum absolute atomic E-state index is 12.0. The first-order valence-electron chi connectivity index (χ1n) is 6.68. The Balaban J connectivity index is 1.92. The topological polar surface area (TPSA) is 94.3 Å². The molecule has 0 aliphatic rings. The van der Waals surface area contributed by atoms with E-state index >= 15 is 0 Å². The third kappa shape index (κ3) is 4.50. The molecule has 0 unspecified atom stereocenters. The smallest absolute Gasteiger partial charge is 0.359 e. The lowest BCUT2D eigenvalue weighted by Crippen LogP contribution is -2.28. The van der Waals surface area contributed by atoms with Crippen molar-refractivity contribution in [2.24, 2.45) is 0 Å². The van der Waals surface area contributed by atoms with Crippen molar-refractivity contribution >= 4 is 52.4 Å². The van der Waals surface area contributed by atoms with E-state index in [1.54, 1.807) is 0 Å². The maximum atomic E-state index is 12.0. The summed E-state index contributed by atoms with van der Waals surface area (Å²) in [6.07, 6.45) is 0. The van der Waals surface area contributed by atoms with Crippen LogP contribution in [0.15, 0.2) is 30.3 Å². The van der Waals surface area contributed by atoms with Gasteiger partial charge >= 0.3 is 5.97 Å². The standard InChI is InChI=1S/C15H12Cl3N3O3/c16-10-12(19)11(17)14(18)21-13(10)15(23)24-7-9(22)20-6-8-4-2-1-3-5-8/h1-5H,6-7H2,(H2,19,21)(H,20,22). The van der Waals surface area contributed by atoms with Crippen molar-refractivity contribution in [3.63, 3.8) is 0 Å². The molecule has 1 heterocycles. The molecule has 126 valence electrons. The second-order valence-electron chi connectivity index (χ2n) is 4.63. The molecule has 0 aliphatic carbocycles. The molecule has 3 N–H and O–H groups in total. The van der Waals surface area contributed by atoms with Crippen LogP contribution in [0.3, 0.4) is 0 Å². The summed E-state index contributed by atoms with van der Waals surface area (Å²) >= 11 is 17.4. The molecule has 6 nitrogen and oxygen atoms in total. The normalized spacial score (nSPS) is 10.3. The summed E-state index contributed by atoms with van der Waals surface area (Å²) in [5.41, 5.74) is 6.14. The highest BCUT2D eigenvalue weighted by atomic mass is 35.5. The molecule has 2 aromatic rings. The third-order valence-corrected chi connectivity index (χ3v) is 4.07. The maximum Gasteiger partial charge on any atom is 0.359 e. The van der Waals surface area contributed by atoms with Gasteiger partial charge in [0.15, 0.2) is 17.5 Å². The highest BCUT2D eigenvalue weighted by molar-refractivity contribution is 6.46. The van der Waals surface area contributed by atoms with E-state index in [9.17, 15) is 9.59 Å². The molecule has 2 rings (SSSR count). The molecule has 24 heavy (non-hydrogen) atoms. The minimum absolute atomic E-state index is 0.0566. The number of hydrogen-bond acceptors (Lipinski definition) is 5. The number of esters is 1. The first-order chi connectivity index (χ1) is 11.4. The molecule has 1 aromatic heterocycles. The first kappa shape index (κ1) is 18.3. The second-order valence-corrected chi connectivity index (χ2v) is 5.75. The van der Waals surface area contributed by atoms with E-state index in [4.69, 9.17) is 45.3 Å². The Bertz CT molecular complexity index is 770. The van der Waals surface area contributed by atoms with Crippen molar-refractivity contribution in [2.75, 3.05) is 12.3 Å². The summed E-state index contributed by atoms with van der Waals surface area (Å²) in [5.74, 6) is -1.41. The van der Waals surface area contributed by atoms with Gasteiger partial charge in [-0.3, -0.25) is 4.79 Å². The van der Waals surface area contributed by atoms with Crippen LogP contribution in [0.1, 0.15) is 16.1 Å². The van der Waals surface area contributed by atoms with Gasteiger partial charge in [0.2, 0.25) is 0 Å². The highest BCUT2D eigenvalue weighted by Crippen LogP contribution is 2.34. The Morgan fingerprint density at radius 2 is 1.79 bits per heavy atom. The predicted molar refractivity (Wildman–Crippen MR) is 92.3 cm³/mol. The van der Waals surface area contributed by atoms with Crippen LogP contribution < -0.4 is 11.1 Å². The van der Waals surface area contributed by atoms with Gasteiger partial charge in [-0.15, -0.1) is 0 Å². The minimum Gasteiger partial charge on any atom is -0.451 e. The zero-order valence-electron chi connectivity index (χ0n) is 12.2. The SMILES string of the molecule is Nc1c(Cl)c(Cl)nc(C(=O)OCC(=O)NCc2ccccc2)c1Cl. The van der Waals surface area contributed by atoms with Gasteiger partial charge in [0, 0.05) is 6.54 Å². The van der Waals surface area contributed by atoms with Crippen molar-refractivity contribution in [1.29, 1.82) is 0 Å². The quantitative estimate of drug-likeness (QED) is 0.606. The number of rotatable bonds is 5. The molecular formula is C15H12Cl3N3O3. The van der Waals surface area contributed by atoms with Gasteiger partial charge in [-0.05, 0) is 5.56 Å². The van der Waals surface area contributed by atoms with E-state index in [1.165, 1.54) is 0 Å². The zero-order chi connectivity index (χ0) is 17.7. The average molecular weight is 389 g/mol. The van der Waals surface area contributed by atoms with Gasteiger partial charge in [0.25, 0.3) is 5.91 Å². The van der Waals surface area contributed by atoms with Gasteiger partial charge in [0.05, 0.1) is 10.7 Å². The van der Waals surface area contributed by atoms with Crippen molar-refractivity contribution in [1.82, 2.24) is 10.3 Å². The van der Waals surface area contributed by atoms with Crippen LogP contribution >= 0.6 is 34.8 Å². The summed E-state index contributed by atoms with van der Waals surface area (Å²) < 4.78 is 4.85. The monoisotopic (exact) mass is 387 g/mol. The number of carbonyl (C=O) groups is 2. The van der Waals surface area contributed by atoms with Crippen molar-refractivity contribution < 1.29 is 14.3 Å². The fraction of sp³-hybridized carbons (Fsp3) is 0.133. The van der Waals surface area contributed by atoms with Crippen molar-refractivity contribution in [3.05, 3.63) is 56.8 Å². The highest BCUT2D eigenvalue weighted by Gasteiger charge is 2.21. The van der Waals surface area contributed by atoms with Crippen LogP contribution in [-0.4, -0.2) is 23.5 Å². The molecule has 0 aliphatic heterocycles. The van der Waals surface area contributed by atoms with Crippen molar-refractivity contribution in [3.8, 4) is 0 Å². The summed E-state index contributed by atoms with van der Waals surface area (Å²) in [4.78, 5) is 27.4. The van der Waals surface area contributed by atoms with Crippen LogP contribution in [0.25, 0.3) is 0 Å². The predicted octanol–water partition coefficient (Wildman–Crippen LogP) is 3.10. The molecular weight excluding hydrogens is 377 g/mol. The van der Waals surface area contributed by atoms with E-state index in [2.05, 4.69) is 10.3 Å². The number of nitrogens with zero attached hydrogens (tertiary/aromatic N) is 1. The van der Waals surface area contributed by atoms with Gasteiger partial charge in [-0.25, -0.2) is 9.78 Å². The number of nitrogen functional groups attached to an aromatic ring is 1. The number of aromatic nitrogens is 1. The molecule has 0 saturated heterocycles. The zero-order valence-corrected chi connectivity index (χ0v) is 14.5. The number of nitrogens with two attached hydrogens (primary N) is 1. The summed E-state index contributed by atoms with van der Waals surface area (Å²) in [7, 11) is 0. The molecule has 0 atom stereocenters. The molecule has 9 heteroatoms. The number of anilines is 1. The number of benzene rings is 1. The molecule has 0 fully saturated rings. The Morgan fingerprint density at radius 3 is 2.46 bits per heavy atom. The fourth-order valence-electron chi connectivity index (χ4n) is 1.71. The lowest BCUT2D eigenvalue weighted by molar-refractivity contribution is -0.124. The van der Waals surface area contributed by atoms with E-state index in [-0.39, 0.29) is 26.6 Å². The van der Waals surface area contributed by atoms with Crippen LogP contribution in [0, 0.1) is 0 Å². The number of pyridine rings is 1. The van der Waals surface area contributed by atoms with Gasteiger partial charge in [-0.2, -0.15) is 0 Å². The largest absolute Gasteiger partial charge is 0.451 e. The minimum atomic E-state index is -0.930. The lowest BCUT2D eigenvalue weighted by Gasteiger charge is -2.09. The molecule has 0 saturated carbocycles.